The van der Waals surface area contributed by atoms with Gasteiger partial charge in [-0.05, 0) is 66.7 Å². The molecule has 0 aromatic heterocycles. The van der Waals surface area contributed by atoms with Crippen LogP contribution in [0.5, 0.6) is 80.5 Å². The zero-order valence-corrected chi connectivity index (χ0v) is 33.8. The number of carbonyl (C=O) groups excluding carboxylic acids is 5. The lowest BCUT2D eigenvalue weighted by Gasteiger charge is -2.44. The van der Waals surface area contributed by atoms with Crippen molar-refractivity contribution < 1.29 is 124 Å². The smallest absolute Gasteiger partial charge is 0.339 e. The minimum Gasteiger partial charge on any atom is -0.504 e. The summed E-state index contributed by atoms with van der Waals surface area (Å²) < 4.78 is 33.0. The third-order valence-corrected chi connectivity index (χ3v) is 9.29. The van der Waals surface area contributed by atoms with Gasteiger partial charge in [0.15, 0.2) is 105 Å². The van der Waals surface area contributed by atoms with Gasteiger partial charge in [0, 0.05) is 12.7 Å². The Morgan fingerprint density at radius 3 is 1.15 bits per heavy atom. The summed E-state index contributed by atoms with van der Waals surface area (Å²) in [4.78, 5) is 63.7. The second-order valence-electron chi connectivity index (χ2n) is 13.8. The number of aldehydes is 1. The van der Waals surface area contributed by atoms with Gasteiger partial charge in [-0.3, -0.25) is 4.79 Å². The summed E-state index contributed by atoms with van der Waals surface area (Å²) >= 11 is 0. The SMILES string of the molecule is COC1OC(COC(=O)c2cc(O)c(O)c(O)c2)C(OC(=O)c2cc(O)c(O)c(O)c2)C(OC(=O)c2cc(O)c(O)c(O)c2)C1OC(=O)c1cc(O)c(O)c(O)c1.O=Cc1ccc(O)c(O)c1. The van der Waals surface area contributed by atoms with Gasteiger partial charge in [-0.25, -0.2) is 19.2 Å². The number of benzene rings is 5. The molecule has 1 fully saturated rings. The molecule has 25 heteroatoms. The van der Waals surface area contributed by atoms with E-state index in [-0.39, 0.29) is 11.5 Å². The van der Waals surface area contributed by atoms with Crippen LogP contribution in [0.25, 0.3) is 0 Å². The van der Waals surface area contributed by atoms with Crippen molar-refractivity contribution in [2.45, 2.75) is 30.7 Å². The Balaban J connectivity index is 0.000000743. The molecule has 6 rings (SSSR count). The Morgan fingerprint density at radius 1 is 0.463 bits per heavy atom. The molecule has 14 N–H and O–H groups in total. The Hall–Kier alpha value is -9.23. The van der Waals surface area contributed by atoms with E-state index in [0.29, 0.717) is 60.4 Å². The van der Waals surface area contributed by atoms with Gasteiger partial charge < -0.3 is 99.9 Å². The van der Waals surface area contributed by atoms with Gasteiger partial charge in [-0.1, -0.05) is 0 Å². The average molecular weight is 941 g/mol. The highest BCUT2D eigenvalue weighted by molar-refractivity contribution is 5.94. The van der Waals surface area contributed by atoms with Crippen molar-refractivity contribution in [2.75, 3.05) is 13.7 Å². The van der Waals surface area contributed by atoms with Crippen LogP contribution in [-0.2, 0) is 28.4 Å². The van der Waals surface area contributed by atoms with Crippen LogP contribution in [-0.4, -0.2) is 146 Å². The van der Waals surface area contributed by atoms with Gasteiger partial charge in [0.05, 0.1) is 22.3 Å². The van der Waals surface area contributed by atoms with E-state index in [9.17, 15) is 85.3 Å². The average Bonchev–Trinajstić information content (AvgIpc) is 3.28. The highest BCUT2D eigenvalue weighted by atomic mass is 16.7. The van der Waals surface area contributed by atoms with E-state index in [1.165, 1.54) is 18.2 Å². The largest absolute Gasteiger partial charge is 0.504 e. The van der Waals surface area contributed by atoms with Crippen LogP contribution < -0.4 is 0 Å². The molecule has 5 aromatic carbocycles. The van der Waals surface area contributed by atoms with E-state index < -0.39 is 152 Å². The van der Waals surface area contributed by atoms with Crippen LogP contribution in [0.2, 0.25) is 0 Å². The first-order valence-corrected chi connectivity index (χ1v) is 18.5. The van der Waals surface area contributed by atoms with E-state index in [2.05, 4.69) is 0 Å². The summed E-state index contributed by atoms with van der Waals surface area (Å²) in [6.45, 7) is -1.000. The number of rotatable bonds is 11. The van der Waals surface area contributed by atoms with Crippen molar-refractivity contribution in [1.82, 2.24) is 0 Å². The number of ether oxygens (including phenoxy) is 6. The molecule has 5 aromatic rings. The number of phenols is 14. The summed E-state index contributed by atoms with van der Waals surface area (Å²) in [5, 5.41) is 136. The molecule has 25 nitrogen and oxygen atoms in total. The van der Waals surface area contributed by atoms with Gasteiger partial charge >= 0.3 is 23.9 Å². The molecule has 1 aliphatic rings. The first kappa shape index (κ1) is 48.8. The van der Waals surface area contributed by atoms with Crippen molar-refractivity contribution >= 4 is 30.2 Å². The molecule has 0 bridgehead atoms. The molecule has 1 heterocycles. The third kappa shape index (κ3) is 10.9. The Labute approximate surface area is 373 Å². The summed E-state index contributed by atoms with van der Waals surface area (Å²) in [6.07, 6.45) is -9.49. The van der Waals surface area contributed by atoms with Crippen LogP contribution >= 0.6 is 0 Å². The molecule has 0 saturated carbocycles. The number of hydrogen-bond acceptors (Lipinski definition) is 25. The van der Waals surface area contributed by atoms with Crippen LogP contribution in [0.4, 0.5) is 0 Å². The van der Waals surface area contributed by atoms with E-state index in [4.69, 9.17) is 38.6 Å². The second kappa shape index (κ2) is 20.1. The third-order valence-electron chi connectivity index (χ3n) is 9.29. The molecule has 1 saturated heterocycles. The van der Waals surface area contributed by atoms with E-state index in [1.807, 2.05) is 0 Å². The molecule has 0 spiro atoms. The van der Waals surface area contributed by atoms with Crippen molar-refractivity contribution in [3.63, 3.8) is 0 Å². The fourth-order valence-electron chi connectivity index (χ4n) is 5.92. The highest BCUT2D eigenvalue weighted by Gasteiger charge is 2.53. The lowest BCUT2D eigenvalue weighted by atomic mass is 9.97. The number of hydrogen-bond donors (Lipinski definition) is 14. The number of phenolic OH excluding ortho intramolecular Hbond substituents is 14. The van der Waals surface area contributed by atoms with Gasteiger partial charge in [-0.2, -0.15) is 0 Å². The molecular formula is C42H36O25. The van der Waals surface area contributed by atoms with Gasteiger partial charge in [-0.15, -0.1) is 0 Å². The highest BCUT2D eigenvalue weighted by Crippen LogP contribution is 2.40. The second-order valence-corrected chi connectivity index (χ2v) is 13.8. The van der Waals surface area contributed by atoms with Crippen LogP contribution in [0.3, 0.4) is 0 Å². The fourth-order valence-corrected chi connectivity index (χ4v) is 5.92. The maximum Gasteiger partial charge on any atom is 0.339 e. The quantitative estimate of drug-likeness (QED) is 0.0391. The minimum atomic E-state index is -2.17. The fraction of sp³-hybridized carbons (Fsp3) is 0.167. The Bertz CT molecular complexity index is 2640. The predicted molar refractivity (Wildman–Crippen MR) is 214 cm³/mol. The van der Waals surface area contributed by atoms with E-state index in [0.717, 1.165) is 7.11 Å². The standard InChI is InChI=1S/C35H30O22.C7H6O3/c1-52-35-30(57-34(51)14-8-21(42)27(47)22(43)9-14)29(56-33(50)13-6-19(40)26(46)20(41)7-13)28(55-32(49)12-4-17(38)25(45)18(39)5-12)23(54-35)10-53-31(48)11-2-15(36)24(44)16(37)3-11;8-4-5-1-2-6(9)7(10)3-5/h2-9,23,28-30,35-47H,10H2,1H3;1-4,9-10H. The Morgan fingerprint density at radius 2 is 0.806 bits per heavy atom. The summed E-state index contributed by atoms with van der Waals surface area (Å²) in [5.74, 6) is -18.1. The van der Waals surface area contributed by atoms with Crippen molar-refractivity contribution in [3.05, 3.63) is 94.5 Å². The molecule has 67 heavy (non-hydrogen) atoms. The van der Waals surface area contributed by atoms with Crippen LogP contribution in [0.1, 0.15) is 51.8 Å². The maximum atomic E-state index is 13.6. The lowest BCUT2D eigenvalue weighted by molar-refractivity contribution is -0.291. The number of carbonyl (C=O) groups is 5. The lowest BCUT2D eigenvalue weighted by Crippen LogP contribution is -2.63. The molecule has 5 unspecified atom stereocenters. The number of methoxy groups -OCH3 is 1. The van der Waals surface area contributed by atoms with Gasteiger partial charge in [0.25, 0.3) is 0 Å². The predicted octanol–water partition coefficient (Wildman–Crippen LogP) is 2.27. The number of aromatic hydroxyl groups is 14. The molecule has 5 atom stereocenters. The van der Waals surface area contributed by atoms with Gasteiger partial charge in [0.1, 0.15) is 19.0 Å². The van der Waals surface area contributed by atoms with E-state index >= 15 is 0 Å². The van der Waals surface area contributed by atoms with Crippen molar-refractivity contribution in [3.8, 4) is 80.5 Å². The summed E-state index contributed by atoms with van der Waals surface area (Å²) in [7, 11) is 0.984. The normalized spacial score (nSPS) is 17.5. The number of esters is 4. The summed E-state index contributed by atoms with van der Waals surface area (Å²) in [6, 6.07) is 9.17. The first-order chi connectivity index (χ1) is 31.5. The molecular weight excluding hydrogens is 904 g/mol. The summed E-state index contributed by atoms with van der Waals surface area (Å²) in [5.41, 5.74) is -2.15. The van der Waals surface area contributed by atoms with Crippen LogP contribution in [0, 0.1) is 0 Å². The van der Waals surface area contributed by atoms with E-state index in [1.54, 1.807) is 0 Å². The zero-order valence-electron chi connectivity index (χ0n) is 33.8. The monoisotopic (exact) mass is 940 g/mol. The van der Waals surface area contributed by atoms with Crippen molar-refractivity contribution in [1.29, 1.82) is 0 Å². The molecule has 0 amide bonds. The molecule has 0 radical (unpaired) electrons. The Kier molecular flexibility index (Phi) is 14.6. The first-order valence-electron chi connectivity index (χ1n) is 18.5. The topological polar surface area (TPSA) is 424 Å². The van der Waals surface area contributed by atoms with Crippen molar-refractivity contribution in [2.24, 2.45) is 0 Å². The zero-order chi connectivity index (χ0) is 49.6. The molecule has 1 aliphatic heterocycles. The maximum absolute atomic E-state index is 13.6. The minimum absolute atomic E-state index is 0.217. The van der Waals surface area contributed by atoms with Crippen LogP contribution in [0.15, 0.2) is 66.7 Å². The molecule has 354 valence electrons. The molecule has 0 aliphatic carbocycles. The van der Waals surface area contributed by atoms with Gasteiger partial charge in [0.2, 0.25) is 0 Å².